The third-order valence-electron chi connectivity index (χ3n) is 7.33. The Morgan fingerprint density at radius 3 is 2.78 bits per heavy atom. The first-order valence-electron chi connectivity index (χ1n) is 11.6. The van der Waals surface area contributed by atoms with E-state index >= 15 is 0 Å². The van der Waals surface area contributed by atoms with Crippen LogP contribution >= 0.6 is 0 Å². The molecule has 3 heterocycles. The SMILES string of the molecule is COCCOCOCCC1CC2CN3CCC(c4ccccc4N)=CC(C(=O)OC)(C2)C13. The zero-order chi connectivity index (χ0) is 22.6. The molecule has 0 radical (unpaired) electrons. The molecule has 0 amide bonds. The van der Waals surface area contributed by atoms with E-state index < -0.39 is 5.41 Å². The number of fused-ring (bicyclic) bond motifs is 1. The maximum atomic E-state index is 13.3. The smallest absolute Gasteiger partial charge is 0.317 e. The Hall–Kier alpha value is -1.93. The maximum absolute atomic E-state index is 13.3. The highest BCUT2D eigenvalue weighted by Gasteiger charge is 2.59. The lowest BCUT2D eigenvalue weighted by atomic mass is 9.57. The van der Waals surface area contributed by atoms with Crippen LogP contribution in [0.3, 0.4) is 0 Å². The van der Waals surface area contributed by atoms with Crippen LogP contribution in [0.2, 0.25) is 0 Å². The highest BCUT2D eigenvalue weighted by atomic mass is 16.7. The molecule has 2 saturated heterocycles. The number of hydrogen-bond acceptors (Lipinski definition) is 7. The van der Waals surface area contributed by atoms with Gasteiger partial charge in [0.05, 0.1) is 20.3 Å². The number of carbonyl (C=O) groups is 1. The molecule has 176 valence electrons. The van der Waals surface area contributed by atoms with E-state index in [1.165, 1.54) is 7.11 Å². The van der Waals surface area contributed by atoms with Gasteiger partial charge >= 0.3 is 5.97 Å². The third kappa shape index (κ3) is 4.57. The summed E-state index contributed by atoms with van der Waals surface area (Å²) in [5, 5.41) is 0. The van der Waals surface area contributed by atoms with Crippen LogP contribution in [0, 0.1) is 17.3 Å². The van der Waals surface area contributed by atoms with Crippen molar-refractivity contribution in [3.8, 4) is 0 Å². The van der Waals surface area contributed by atoms with E-state index in [0.717, 1.165) is 55.6 Å². The zero-order valence-corrected chi connectivity index (χ0v) is 19.3. The van der Waals surface area contributed by atoms with Gasteiger partial charge in [-0.25, -0.2) is 0 Å². The zero-order valence-electron chi connectivity index (χ0n) is 19.3. The average molecular weight is 445 g/mol. The van der Waals surface area contributed by atoms with E-state index in [1.54, 1.807) is 7.11 Å². The second-order valence-corrected chi connectivity index (χ2v) is 9.26. The molecule has 1 saturated carbocycles. The Balaban J connectivity index is 1.55. The molecule has 5 rings (SSSR count). The summed E-state index contributed by atoms with van der Waals surface area (Å²) in [7, 11) is 3.16. The Bertz CT molecular complexity index is 828. The van der Waals surface area contributed by atoms with Gasteiger partial charge in [0.2, 0.25) is 0 Å². The fraction of sp³-hybridized carbons (Fsp3) is 0.640. The number of piperidine rings is 2. The van der Waals surface area contributed by atoms with Gasteiger partial charge in [-0.2, -0.15) is 0 Å². The molecule has 7 heteroatoms. The monoisotopic (exact) mass is 444 g/mol. The van der Waals surface area contributed by atoms with Crippen molar-refractivity contribution in [2.24, 2.45) is 17.3 Å². The number of ether oxygens (including phenoxy) is 4. The lowest BCUT2D eigenvalue weighted by Crippen LogP contribution is -2.64. The van der Waals surface area contributed by atoms with Crippen molar-refractivity contribution in [2.75, 3.05) is 59.7 Å². The van der Waals surface area contributed by atoms with Gasteiger partial charge in [-0.15, -0.1) is 0 Å². The predicted octanol–water partition coefficient (Wildman–Crippen LogP) is 2.95. The molecule has 0 spiro atoms. The first-order chi connectivity index (χ1) is 15.6. The van der Waals surface area contributed by atoms with Crippen molar-refractivity contribution >= 4 is 17.2 Å². The van der Waals surface area contributed by atoms with E-state index in [2.05, 4.69) is 17.0 Å². The van der Waals surface area contributed by atoms with E-state index in [9.17, 15) is 4.79 Å². The topological polar surface area (TPSA) is 83.3 Å². The Labute approximate surface area is 190 Å². The number of anilines is 1. The van der Waals surface area contributed by atoms with Gasteiger partial charge in [-0.1, -0.05) is 24.3 Å². The summed E-state index contributed by atoms with van der Waals surface area (Å²) in [6.07, 6.45) is 5.97. The van der Waals surface area contributed by atoms with Crippen molar-refractivity contribution in [1.29, 1.82) is 0 Å². The summed E-state index contributed by atoms with van der Waals surface area (Å²) in [5.74, 6) is 0.731. The molecule has 7 nitrogen and oxygen atoms in total. The van der Waals surface area contributed by atoms with Crippen LogP contribution in [0.1, 0.15) is 31.2 Å². The van der Waals surface area contributed by atoms with Gasteiger partial charge in [0, 0.05) is 44.1 Å². The third-order valence-corrected chi connectivity index (χ3v) is 7.33. The first-order valence-corrected chi connectivity index (χ1v) is 11.6. The number of benzene rings is 1. The number of para-hydroxylation sites is 1. The van der Waals surface area contributed by atoms with Crippen molar-refractivity contribution in [3.63, 3.8) is 0 Å². The summed E-state index contributed by atoms with van der Waals surface area (Å²) in [6, 6.07) is 8.07. The fourth-order valence-electron chi connectivity index (χ4n) is 6.17. The normalized spacial score (nSPS) is 31.1. The first kappa shape index (κ1) is 23.2. The molecular formula is C25H36N2O5. The van der Waals surface area contributed by atoms with E-state index in [-0.39, 0.29) is 18.8 Å². The quantitative estimate of drug-likeness (QED) is 0.257. The van der Waals surface area contributed by atoms with Gasteiger partial charge in [0.15, 0.2) is 0 Å². The minimum Gasteiger partial charge on any atom is -0.468 e. The van der Waals surface area contributed by atoms with Gasteiger partial charge in [-0.3, -0.25) is 9.69 Å². The van der Waals surface area contributed by atoms with Crippen LogP contribution in [0.15, 0.2) is 30.3 Å². The molecule has 2 N–H and O–H groups in total. The second kappa shape index (κ2) is 10.3. The van der Waals surface area contributed by atoms with E-state index in [1.807, 2.05) is 18.2 Å². The van der Waals surface area contributed by atoms with Crippen LogP contribution in [0.4, 0.5) is 5.69 Å². The van der Waals surface area contributed by atoms with Crippen molar-refractivity contribution in [1.82, 2.24) is 4.90 Å². The number of nitrogen functional groups attached to an aromatic ring is 1. The minimum absolute atomic E-state index is 0.125. The summed E-state index contributed by atoms with van der Waals surface area (Å²) in [5.41, 5.74) is 8.63. The average Bonchev–Trinajstić information content (AvgIpc) is 2.92. The number of methoxy groups -OCH3 is 2. The van der Waals surface area contributed by atoms with Gasteiger partial charge in [0.25, 0.3) is 0 Å². The van der Waals surface area contributed by atoms with Crippen LogP contribution in [0.25, 0.3) is 5.57 Å². The second-order valence-electron chi connectivity index (χ2n) is 9.26. The molecule has 32 heavy (non-hydrogen) atoms. The number of nitrogens with zero attached hydrogens (tertiary/aromatic N) is 1. The fourth-order valence-corrected chi connectivity index (χ4v) is 6.17. The molecule has 1 aromatic carbocycles. The highest BCUT2D eigenvalue weighted by Crippen LogP contribution is 2.55. The number of carbonyl (C=O) groups excluding carboxylic acids is 1. The summed E-state index contributed by atoms with van der Waals surface area (Å²) in [6.45, 7) is 3.96. The number of rotatable bonds is 10. The molecule has 5 unspecified atom stereocenters. The highest BCUT2D eigenvalue weighted by molar-refractivity contribution is 5.86. The molecule has 1 aliphatic carbocycles. The molecule has 3 fully saturated rings. The Morgan fingerprint density at radius 2 is 2.00 bits per heavy atom. The van der Waals surface area contributed by atoms with Gasteiger partial charge < -0.3 is 24.7 Å². The molecule has 3 aliphatic heterocycles. The number of hydrogen-bond donors (Lipinski definition) is 1. The van der Waals surface area contributed by atoms with Crippen LogP contribution in [-0.2, 0) is 23.7 Å². The standard InChI is InChI=1S/C25H36N2O5/c1-29-11-12-32-17-31-10-8-19-13-18-14-25(24(28)30-2)15-20(7-9-27(16-18)23(19)25)21-5-3-4-6-22(21)26/h3-6,15,18-19,23H,7-14,16-17,26H2,1-2H3. The van der Waals surface area contributed by atoms with Crippen molar-refractivity contribution in [2.45, 2.75) is 31.7 Å². The minimum atomic E-state index is -0.635. The van der Waals surface area contributed by atoms with Gasteiger partial charge in [0.1, 0.15) is 12.2 Å². The lowest BCUT2D eigenvalue weighted by molar-refractivity contribution is -0.168. The van der Waals surface area contributed by atoms with Crippen LogP contribution in [0.5, 0.6) is 0 Å². The van der Waals surface area contributed by atoms with Crippen molar-refractivity contribution < 1.29 is 23.7 Å². The number of nitrogens with two attached hydrogens (primary N) is 1. The van der Waals surface area contributed by atoms with Crippen LogP contribution in [-0.4, -0.2) is 70.8 Å². The Kier molecular flexibility index (Phi) is 7.51. The summed E-state index contributed by atoms with van der Waals surface area (Å²) in [4.78, 5) is 15.9. The van der Waals surface area contributed by atoms with Gasteiger partial charge in [-0.05, 0) is 49.2 Å². The molecular weight excluding hydrogens is 408 g/mol. The molecule has 4 bridgehead atoms. The molecule has 0 aromatic heterocycles. The lowest BCUT2D eigenvalue weighted by Gasteiger charge is -2.57. The molecule has 5 atom stereocenters. The molecule has 4 aliphatic rings. The van der Waals surface area contributed by atoms with E-state index in [0.29, 0.717) is 31.7 Å². The van der Waals surface area contributed by atoms with E-state index in [4.69, 9.17) is 24.7 Å². The molecule has 1 aromatic rings. The predicted molar refractivity (Wildman–Crippen MR) is 123 cm³/mol. The Morgan fingerprint density at radius 1 is 1.19 bits per heavy atom. The largest absolute Gasteiger partial charge is 0.468 e. The maximum Gasteiger partial charge on any atom is 0.317 e. The van der Waals surface area contributed by atoms with Crippen molar-refractivity contribution in [3.05, 3.63) is 35.9 Å². The van der Waals surface area contributed by atoms with Crippen LogP contribution < -0.4 is 5.73 Å². The summed E-state index contributed by atoms with van der Waals surface area (Å²) < 4.78 is 21.5. The number of esters is 1. The summed E-state index contributed by atoms with van der Waals surface area (Å²) >= 11 is 0.